The molecule has 0 aliphatic rings. The van der Waals surface area contributed by atoms with Gasteiger partial charge in [0.1, 0.15) is 11.3 Å². The van der Waals surface area contributed by atoms with Crippen molar-refractivity contribution in [3.8, 4) is 6.07 Å². The third-order valence-electron chi connectivity index (χ3n) is 2.50. The largest absolute Gasteiger partial charge is 0.250 e. The minimum atomic E-state index is -0.675. The van der Waals surface area contributed by atoms with Gasteiger partial charge in [0, 0.05) is 29.5 Å². The maximum Gasteiger partial charge on any atom is 0.152 e. The number of nitrogens with zero attached hydrogens (tertiary/aromatic N) is 2. The lowest BCUT2D eigenvalue weighted by Crippen LogP contribution is -2.00. The molecule has 1 atom stereocenters. The summed E-state index contributed by atoms with van der Waals surface area (Å²) < 4.78 is 26.4. The molecule has 17 heavy (non-hydrogen) atoms. The van der Waals surface area contributed by atoms with Crippen LogP contribution in [0.2, 0.25) is 0 Å². The molecular weight excluding hydrogens is 222 g/mol. The highest BCUT2D eigenvalue weighted by Crippen LogP contribution is 2.19. The average Bonchev–Trinajstić information content (AvgIpc) is 2.29. The normalized spacial score (nSPS) is 12.4. The minimum absolute atomic E-state index is 0.147. The molecule has 0 spiro atoms. The third kappa shape index (κ3) is 2.39. The molecule has 2 aromatic rings. The van der Waals surface area contributed by atoms with Crippen molar-refractivity contribution in [1.29, 1.82) is 5.26 Å². The van der Waals surface area contributed by atoms with Gasteiger partial charge in [0.15, 0.2) is 5.82 Å². The Balaban J connectivity index is 2.47. The summed E-state index contributed by atoms with van der Waals surface area (Å²) in [4.78, 5) is 4.11. The summed E-state index contributed by atoms with van der Waals surface area (Å²) in [7, 11) is 0. The van der Waals surface area contributed by atoms with E-state index >= 15 is 0 Å². The second kappa shape index (κ2) is 4.46. The first-order valence-corrected chi connectivity index (χ1v) is 5.24. The number of halogens is 2. The van der Waals surface area contributed by atoms with E-state index in [1.165, 1.54) is 6.07 Å². The number of aromatic nitrogens is 1. The molecule has 0 radical (unpaired) electrons. The van der Waals surface area contributed by atoms with Crippen LogP contribution in [0, 0.1) is 28.9 Å². The number of hydrogen-bond donors (Lipinski definition) is 0. The third-order valence-corrected chi connectivity index (χ3v) is 2.50. The molecule has 1 aromatic heterocycles. The number of pyridine rings is 1. The van der Waals surface area contributed by atoms with Gasteiger partial charge < -0.3 is 0 Å². The molecule has 1 heterocycles. The van der Waals surface area contributed by atoms with Crippen LogP contribution in [0.3, 0.4) is 0 Å². The van der Waals surface area contributed by atoms with E-state index < -0.39 is 11.6 Å². The fourth-order valence-electron chi connectivity index (χ4n) is 1.67. The zero-order valence-electron chi connectivity index (χ0n) is 9.24. The van der Waals surface area contributed by atoms with Crippen molar-refractivity contribution >= 4 is 10.9 Å². The molecule has 2 nitrogen and oxygen atoms in total. The Morgan fingerprint density at radius 2 is 2.12 bits per heavy atom. The Bertz CT molecular complexity index is 602. The van der Waals surface area contributed by atoms with Crippen LogP contribution in [0.25, 0.3) is 10.9 Å². The standard InChI is InChI=1S/C13H10F2N2/c1-8(7-16)4-11-3-2-9-5-10(14)6-12(15)13(9)17-11/h2-3,5-6,8H,4H2,1H3. The molecule has 4 heteroatoms. The molecule has 0 fully saturated rings. The highest BCUT2D eigenvalue weighted by atomic mass is 19.1. The fourth-order valence-corrected chi connectivity index (χ4v) is 1.67. The first-order chi connectivity index (χ1) is 8.10. The smallest absolute Gasteiger partial charge is 0.152 e. The van der Waals surface area contributed by atoms with Gasteiger partial charge in [0.2, 0.25) is 0 Å². The summed E-state index contributed by atoms with van der Waals surface area (Å²) in [5, 5.41) is 9.13. The predicted octanol–water partition coefficient (Wildman–Crippen LogP) is 3.22. The van der Waals surface area contributed by atoms with Crippen LogP contribution in [0.4, 0.5) is 8.78 Å². The Labute approximate surface area is 97.5 Å². The zero-order chi connectivity index (χ0) is 12.4. The summed E-state index contributed by atoms with van der Waals surface area (Å²) in [6.45, 7) is 1.77. The van der Waals surface area contributed by atoms with Crippen LogP contribution in [0.1, 0.15) is 12.6 Å². The average molecular weight is 232 g/mol. The molecule has 0 saturated carbocycles. The van der Waals surface area contributed by atoms with Crippen molar-refractivity contribution in [2.75, 3.05) is 0 Å². The van der Waals surface area contributed by atoms with E-state index in [0.29, 0.717) is 17.5 Å². The molecule has 0 saturated heterocycles. The molecule has 86 valence electrons. The van der Waals surface area contributed by atoms with Gasteiger partial charge in [-0.05, 0) is 19.1 Å². The first-order valence-electron chi connectivity index (χ1n) is 5.24. The fraction of sp³-hybridized carbons (Fsp3) is 0.231. The molecule has 0 aliphatic carbocycles. The van der Waals surface area contributed by atoms with Crippen molar-refractivity contribution in [2.24, 2.45) is 5.92 Å². The molecule has 0 aliphatic heterocycles. The predicted molar refractivity (Wildman–Crippen MR) is 60.1 cm³/mol. The molecule has 2 rings (SSSR count). The van der Waals surface area contributed by atoms with Gasteiger partial charge in [-0.25, -0.2) is 13.8 Å². The zero-order valence-corrected chi connectivity index (χ0v) is 9.24. The number of hydrogen-bond acceptors (Lipinski definition) is 2. The van der Waals surface area contributed by atoms with Gasteiger partial charge in [-0.15, -0.1) is 0 Å². The van der Waals surface area contributed by atoms with Crippen LogP contribution in [0.5, 0.6) is 0 Å². The summed E-state index contributed by atoms with van der Waals surface area (Å²) in [5.41, 5.74) is 0.783. The molecule has 1 aromatic carbocycles. The van der Waals surface area contributed by atoms with Gasteiger partial charge in [-0.3, -0.25) is 0 Å². The van der Waals surface area contributed by atoms with Gasteiger partial charge in [0.05, 0.1) is 6.07 Å². The van der Waals surface area contributed by atoms with Crippen molar-refractivity contribution in [3.63, 3.8) is 0 Å². The van der Waals surface area contributed by atoms with Gasteiger partial charge in [0.25, 0.3) is 0 Å². The molecular formula is C13H10F2N2. The second-order valence-corrected chi connectivity index (χ2v) is 4.00. The Morgan fingerprint density at radius 3 is 2.82 bits per heavy atom. The monoisotopic (exact) mass is 232 g/mol. The lowest BCUT2D eigenvalue weighted by Gasteiger charge is -2.05. The molecule has 0 N–H and O–H groups in total. The summed E-state index contributed by atoms with van der Waals surface area (Å²) in [6.07, 6.45) is 0.462. The Hall–Kier alpha value is -2.02. The van der Waals surface area contributed by atoms with E-state index in [4.69, 9.17) is 5.26 Å². The quantitative estimate of drug-likeness (QED) is 0.797. The van der Waals surface area contributed by atoms with Crippen molar-refractivity contribution in [1.82, 2.24) is 4.98 Å². The number of nitriles is 1. The summed E-state index contributed by atoms with van der Waals surface area (Å²) >= 11 is 0. The van der Waals surface area contributed by atoms with Gasteiger partial charge in [-0.2, -0.15) is 5.26 Å². The SMILES string of the molecule is CC(C#N)Cc1ccc2cc(F)cc(F)c2n1. The Morgan fingerprint density at radius 1 is 1.35 bits per heavy atom. The van der Waals surface area contributed by atoms with Crippen LogP contribution >= 0.6 is 0 Å². The number of benzene rings is 1. The van der Waals surface area contributed by atoms with Gasteiger partial charge in [-0.1, -0.05) is 6.07 Å². The topological polar surface area (TPSA) is 36.7 Å². The Kier molecular flexibility index (Phi) is 3.01. The van der Waals surface area contributed by atoms with Crippen molar-refractivity contribution < 1.29 is 8.78 Å². The van der Waals surface area contributed by atoms with Crippen LogP contribution in [-0.4, -0.2) is 4.98 Å². The van der Waals surface area contributed by atoms with Crippen molar-refractivity contribution in [2.45, 2.75) is 13.3 Å². The van der Waals surface area contributed by atoms with E-state index in [1.807, 2.05) is 0 Å². The lowest BCUT2D eigenvalue weighted by atomic mass is 10.1. The molecule has 0 bridgehead atoms. The maximum atomic E-state index is 13.5. The van der Waals surface area contributed by atoms with E-state index in [2.05, 4.69) is 11.1 Å². The van der Waals surface area contributed by atoms with Crippen LogP contribution in [-0.2, 0) is 6.42 Å². The number of rotatable bonds is 2. The first kappa shape index (κ1) is 11.5. The van der Waals surface area contributed by atoms with Crippen LogP contribution in [0.15, 0.2) is 24.3 Å². The lowest BCUT2D eigenvalue weighted by molar-refractivity contribution is 0.589. The summed E-state index contributed by atoms with van der Waals surface area (Å²) in [6, 6.07) is 7.45. The van der Waals surface area contributed by atoms with E-state index in [1.54, 1.807) is 19.1 Å². The van der Waals surface area contributed by atoms with E-state index in [0.717, 1.165) is 6.07 Å². The minimum Gasteiger partial charge on any atom is -0.250 e. The second-order valence-electron chi connectivity index (χ2n) is 4.00. The maximum absolute atomic E-state index is 13.5. The molecule has 1 unspecified atom stereocenters. The highest BCUT2D eigenvalue weighted by Gasteiger charge is 2.08. The number of fused-ring (bicyclic) bond motifs is 1. The van der Waals surface area contributed by atoms with Gasteiger partial charge >= 0.3 is 0 Å². The summed E-state index contributed by atoms with van der Waals surface area (Å²) in [5.74, 6) is -1.47. The highest BCUT2D eigenvalue weighted by molar-refractivity contribution is 5.79. The van der Waals surface area contributed by atoms with Crippen molar-refractivity contribution in [3.05, 3.63) is 41.6 Å². The van der Waals surface area contributed by atoms with E-state index in [-0.39, 0.29) is 11.4 Å². The van der Waals surface area contributed by atoms with E-state index in [9.17, 15) is 8.78 Å². The van der Waals surface area contributed by atoms with Crippen LogP contribution < -0.4 is 0 Å². The molecule has 0 amide bonds.